The number of amidine groups is 1. The van der Waals surface area contributed by atoms with E-state index in [1.807, 2.05) is 30.3 Å². The smallest absolute Gasteiger partial charge is 0.292 e. The second kappa shape index (κ2) is 4.05. The second-order valence-electron chi connectivity index (χ2n) is 5.17. The summed E-state index contributed by atoms with van der Waals surface area (Å²) >= 11 is 0. The van der Waals surface area contributed by atoms with Gasteiger partial charge in [-0.25, -0.2) is 4.99 Å². The summed E-state index contributed by atoms with van der Waals surface area (Å²) in [6, 6.07) is 13.7. The van der Waals surface area contributed by atoms with Crippen molar-refractivity contribution in [3.05, 3.63) is 35.9 Å². The summed E-state index contributed by atoms with van der Waals surface area (Å²) in [6.07, 6.45) is 0. The first kappa shape index (κ1) is 13.6. The van der Waals surface area contributed by atoms with Gasteiger partial charge < -0.3 is 15.2 Å². The molecular weight excluding hydrogens is 268 g/mol. The normalized spacial score (nSPS) is 35.2. The molecule has 0 aromatic heterocycles. The number of benzene rings is 1. The molecule has 1 aromatic rings. The van der Waals surface area contributed by atoms with Crippen molar-refractivity contribution in [3.8, 4) is 12.1 Å². The van der Waals surface area contributed by atoms with E-state index in [9.17, 15) is 10.5 Å². The lowest BCUT2D eigenvalue weighted by atomic mass is 9.93. The molecule has 106 valence electrons. The molecule has 1 fully saturated rings. The van der Waals surface area contributed by atoms with Crippen molar-refractivity contribution < 1.29 is 9.47 Å². The summed E-state index contributed by atoms with van der Waals surface area (Å²) < 4.78 is 10.8. The van der Waals surface area contributed by atoms with Crippen LogP contribution in [0.3, 0.4) is 0 Å². The lowest BCUT2D eigenvalue weighted by molar-refractivity contribution is -0.230. The van der Waals surface area contributed by atoms with Crippen LogP contribution in [0, 0.1) is 33.5 Å². The van der Waals surface area contributed by atoms with Crippen LogP contribution in [-0.4, -0.2) is 26.0 Å². The maximum Gasteiger partial charge on any atom is 0.292 e. The summed E-state index contributed by atoms with van der Waals surface area (Å²) in [5.41, 5.74) is 4.35. The highest BCUT2D eigenvalue weighted by Gasteiger charge is 2.93. The number of hydrogen-bond acceptors (Lipinski definition) is 6. The average Bonchev–Trinajstić information content (AvgIpc) is 3.11. The summed E-state index contributed by atoms with van der Waals surface area (Å²) in [4.78, 5) is 4.15. The van der Waals surface area contributed by atoms with E-state index >= 15 is 0 Å². The zero-order valence-corrected chi connectivity index (χ0v) is 11.7. The predicted octanol–water partition coefficient (Wildman–Crippen LogP) is 1.12. The molecule has 0 spiro atoms. The quantitative estimate of drug-likeness (QED) is 0.836. The third-order valence-electron chi connectivity index (χ3n) is 4.61. The monoisotopic (exact) mass is 282 g/mol. The SMILES string of the molecule is COC1(OC)N=C(N)[C@]2(C#N)[C@@H](c3ccccc3)[C@@]12C#N. The van der Waals surface area contributed by atoms with E-state index in [1.165, 1.54) is 14.2 Å². The first-order chi connectivity index (χ1) is 10.1. The molecule has 1 aromatic carbocycles. The second-order valence-corrected chi connectivity index (χ2v) is 5.17. The number of aliphatic imine (C=N–C) groups is 1. The van der Waals surface area contributed by atoms with Gasteiger partial charge in [-0.05, 0) is 5.56 Å². The largest absolute Gasteiger partial charge is 0.386 e. The summed E-state index contributed by atoms with van der Waals surface area (Å²) in [5, 5.41) is 19.5. The van der Waals surface area contributed by atoms with Gasteiger partial charge in [0.05, 0.1) is 12.1 Å². The number of fused-ring (bicyclic) bond motifs is 1. The van der Waals surface area contributed by atoms with Crippen LogP contribution in [0.4, 0.5) is 0 Å². The van der Waals surface area contributed by atoms with Gasteiger partial charge in [-0.3, -0.25) is 0 Å². The first-order valence-corrected chi connectivity index (χ1v) is 6.43. The fourth-order valence-electron chi connectivity index (χ4n) is 3.67. The van der Waals surface area contributed by atoms with E-state index < -0.39 is 22.7 Å². The standard InChI is InChI=1S/C15H14N4O2/c1-20-15(21-2)14(9-17)11(10-6-4-3-5-7-10)13(14,8-16)12(18)19-15/h3-7,11H,1-2H3,(H2,18,19)/t11-,13+,14-/m1/s1. The van der Waals surface area contributed by atoms with E-state index in [0.717, 1.165) is 5.56 Å². The summed E-state index contributed by atoms with van der Waals surface area (Å²) in [5.74, 6) is -1.90. The molecule has 0 bridgehead atoms. The van der Waals surface area contributed by atoms with Gasteiger partial charge in [0.25, 0.3) is 5.91 Å². The minimum Gasteiger partial charge on any atom is -0.386 e. The first-order valence-electron chi connectivity index (χ1n) is 6.43. The number of methoxy groups -OCH3 is 2. The van der Waals surface area contributed by atoms with Gasteiger partial charge in [0, 0.05) is 20.1 Å². The molecule has 1 aliphatic carbocycles. The Kier molecular flexibility index (Phi) is 2.61. The minimum absolute atomic E-state index is 0.0871. The molecule has 0 saturated heterocycles. The van der Waals surface area contributed by atoms with Crippen molar-refractivity contribution in [1.29, 1.82) is 10.5 Å². The third-order valence-corrected chi connectivity index (χ3v) is 4.61. The lowest BCUT2D eigenvalue weighted by Crippen LogP contribution is -2.41. The maximum atomic E-state index is 9.82. The molecule has 2 N–H and O–H groups in total. The Morgan fingerprint density at radius 1 is 1.14 bits per heavy atom. The van der Waals surface area contributed by atoms with Crippen LogP contribution < -0.4 is 5.73 Å². The molecule has 1 saturated carbocycles. The van der Waals surface area contributed by atoms with Crippen LogP contribution in [0.15, 0.2) is 35.3 Å². The van der Waals surface area contributed by atoms with E-state index in [4.69, 9.17) is 15.2 Å². The Morgan fingerprint density at radius 3 is 2.24 bits per heavy atom. The third kappa shape index (κ3) is 1.16. The number of nitrogens with zero attached hydrogens (tertiary/aromatic N) is 3. The molecule has 0 amide bonds. The Bertz CT molecular complexity index is 699. The topological polar surface area (TPSA) is 104 Å². The molecule has 3 rings (SSSR count). The van der Waals surface area contributed by atoms with Gasteiger partial charge in [0.2, 0.25) is 0 Å². The fourth-order valence-corrected chi connectivity index (χ4v) is 3.67. The van der Waals surface area contributed by atoms with Crippen LogP contribution in [0.2, 0.25) is 0 Å². The zero-order chi connectivity index (χ0) is 15.3. The molecule has 6 nitrogen and oxygen atoms in total. The molecule has 6 heteroatoms. The Hall–Kier alpha value is -2.41. The van der Waals surface area contributed by atoms with Crippen molar-refractivity contribution in [2.24, 2.45) is 21.6 Å². The molecule has 1 heterocycles. The predicted molar refractivity (Wildman–Crippen MR) is 73.6 cm³/mol. The van der Waals surface area contributed by atoms with Crippen molar-refractivity contribution in [3.63, 3.8) is 0 Å². The minimum atomic E-state index is -1.55. The molecule has 0 unspecified atom stereocenters. The van der Waals surface area contributed by atoms with Gasteiger partial charge >= 0.3 is 0 Å². The molecule has 2 aliphatic rings. The van der Waals surface area contributed by atoms with E-state index in [0.29, 0.717) is 0 Å². The summed E-state index contributed by atoms with van der Waals surface area (Å²) in [7, 11) is 2.79. The van der Waals surface area contributed by atoms with Gasteiger partial charge in [-0.1, -0.05) is 30.3 Å². The maximum absolute atomic E-state index is 9.82. The average molecular weight is 282 g/mol. The number of rotatable bonds is 3. The van der Waals surface area contributed by atoms with Crippen molar-refractivity contribution in [2.75, 3.05) is 14.2 Å². The Morgan fingerprint density at radius 2 is 1.76 bits per heavy atom. The molecule has 3 atom stereocenters. The zero-order valence-electron chi connectivity index (χ0n) is 11.7. The fraction of sp³-hybridized carbons (Fsp3) is 0.400. The number of ether oxygens (including phenoxy) is 2. The highest BCUT2D eigenvalue weighted by molar-refractivity contribution is 6.00. The molecular formula is C15H14N4O2. The Labute approximate surface area is 122 Å². The van der Waals surface area contributed by atoms with E-state index in [2.05, 4.69) is 17.1 Å². The molecule has 1 aliphatic heterocycles. The molecule has 21 heavy (non-hydrogen) atoms. The van der Waals surface area contributed by atoms with Gasteiger partial charge in [0.1, 0.15) is 11.3 Å². The van der Waals surface area contributed by atoms with Crippen molar-refractivity contribution in [1.82, 2.24) is 0 Å². The highest BCUT2D eigenvalue weighted by Crippen LogP contribution is 2.81. The van der Waals surface area contributed by atoms with Crippen LogP contribution in [0.5, 0.6) is 0 Å². The van der Waals surface area contributed by atoms with E-state index in [1.54, 1.807) is 0 Å². The van der Waals surface area contributed by atoms with Crippen LogP contribution in [-0.2, 0) is 9.47 Å². The number of nitrogens with two attached hydrogens (primary N) is 1. The Balaban J connectivity index is 2.26. The van der Waals surface area contributed by atoms with Gasteiger partial charge in [-0.2, -0.15) is 10.5 Å². The van der Waals surface area contributed by atoms with Crippen molar-refractivity contribution >= 4 is 5.84 Å². The van der Waals surface area contributed by atoms with Crippen LogP contribution in [0.25, 0.3) is 0 Å². The lowest BCUT2D eigenvalue weighted by Gasteiger charge is -2.29. The molecule has 0 radical (unpaired) electrons. The number of hydrogen-bond donors (Lipinski definition) is 1. The van der Waals surface area contributed by atoms with Crippen LogP contribution >= 0.6 is 0 Å². The highest BCUT2D eigenvalue weighted by atomic mass is 16.7. The van der Waals surface area contributed by atoms with Gasteiger partial charge in [-0.15, -0.1) is 0 Å². The number of nitriles is 2. The van der Waals surface area contributed by atoms with Gasteiger partial charge in [0.15, 0.2) is 5.41 Å². The summed E-state index contributed by atoms with van der Waals surface area (Å²) in [6.45, 7) is 0. The van der Waals surface area contributed by atoms with E-state index in [-0.39, 0.29) is 5.84 Å². The van der Waals surface area contributed by atoms with Crippen molar-refractivity contribution in [2.45, 2.75) is 11.8 Å². The van der Waals surface area contributed by atoms with Crippen LogP contribution in [0.1, 0.15) is 11.5 Å².